The second-order valence-corrected chi connectivity index (χ2v) is 9.80. The summed E-state index contributed by atoms with van der Waals surface area (Å²) < 4.78 is 12.5. The largest absolute Gasteiger partial charge is 0.473 e. The van der Waals surface area contributed by atoms with E-state index < -0.39 is 5.41 Å². The molecule has 0 N–H and O–H groups in total. The van der Waals surface area contributed by atoms with Crippen molar-refractivity contribution in [2.75, 3.05) is 6.54 Å². The van der Waals surface area contributed by atoms with Crippen LogP contribution in [-0.2, 0) is 5.41 Å². The average molecular weight is 450 g/mol. The van der Waals surface area contributed by atoms with Crippen LogP contribution in [0, 0.1) is 0 Å². The van der Waals surface area contributed by atoms with Crippen molar-refractivity contribution >= 4 is 16.8 Å². The molecule has 1 aliphatic carbocycles. The third-order valence-corrected chi connectivity index (χ3v) is 8.00. The lowest BCUT2D eigenvalue weighted by Crippen LogP contribution is -2.64. The molecule has 8 rings (SSSR count). The Hall–Kier alpha value is -3.70. The van der Waals surface area contributed by atoms with Crippen LogP contribution in [0.25, 0.3) is 11.0 Å². The Morgan fingerprint density at radius 3 is 2.50 bits per heavy atom. The van der Waals surface area contributed by atoms with Crippen molar-refractivity contribution < 1.29 is 13.9 Å². The molecule has 0 radical (unpaired) electrons. The Labute approximate surface area is 196 Å². The molecule has 3 aliphatic heterocycles. The van der Waals surface area contributed by atoms with Gasteiger partial charge in [-0.25, -0.2) is 4.79 Å². The zero-order chi connectivity index (χ0) is 23.0. The van der Waals surface area contributed by atoms with E-state index in [1.54, 1.807) is 6.07 Å². The van der Waals surface area contributed by atoms with Gasteiger partial charge >= 0.3 is 5.63 Å². The van der Waals surface area contributed by atoms with Gasteiger partial charge in [0.15, 0.2) is 12.0 Å². The van der Waals surface area contributed by atoms with Crippen LogP contribution in [0.2, 0.25) is 0 Å². The molecule has 0 amide bonds. The molecule has 1 fully saturated rings. The number of carbonyl (C=O) groups excluding carboxylic acids is 1. The van der Waals surface area contributed by atoms with Crippen LogP contribution < -0.4 is 10.4 Å². The lowest BCUT2D eigenvalue weighted by atomic mass is 9.55. The molecule has 0 saturated carbocycles. The number of nitrogens with zero attached hydrogens (tertiary/aromatic N) is 1. The standard InChI is InChI=1S/C29H23NO4/c1-29-15-21-18-11-5-6-12-19(18)24(29)27(30(21)16-22(31)17-9-3-2-4-10-17)34-26-20-13-7-8-14-23(20)33-28(32)25(26)29/h2-14,21,24,27H,15-16H2,1H3. The van der Waals surface area contributed by atoms with E-state index in [1.165, 1.54) is 11.1 Å². The quantitative estimate of drug-likeness (QED) is 0.318. The van der Waals surface area contributed by atoms with E-state index in [0.29, 0.717) is 22.5 Å². The summed E-state index contributed by atoms with van der Waals surface area (Å²) >= 11 is 0. The zero-order valence-corrected chi connectivity index (χ0v) is 18.7. The minimum absolute atomic E-state index is 0.0251. The molecule has 4 atom stereocenters. The predicted octanol–water partition coefficient (Wildman–Crippen LogP) is 5.20. The molecule has 0 spiro atoms. The maximum Gasteiger partial charge on any atom is 0.343 e. The van der Waals surface area contributed by atoms with Gasteiger partial charge in [-0.05, 0) is 29.7 Å². The highest BCUT2D eigenvalue weighted by Crippen LogP contribution is 2.63. The first-order valence-corrected chi connectivity index (χ1v) is 11.7. The van der Waals surface area contributed by atoms with Crippen molar-refractivity contribution in [2.45, 2.75) is 36.9 Å². The predicted molar refractivity (Wildman–Crippen MR) is 128 cm³/mol. The average Bonchev–Trinajstić information content (AvgIpc) is 2.86. The third kappa shape index (κ3) is 2.53. The molecule has 5 nitrogen and oxygen atoms in total. The Morgan fingerprint density at radius 1 is 0.971 bits per heavy atom. The van der Waals surface area contributed by atoms with Crippen molar-refractivity contribution in [3.63, 3.8) is 0 Å². The van der Waals surface area contributed by atoms with Gasteiger partial charge in [0.25, 0.3) is 0 Å². The topological polar surface area (TPSA) is 59.8 Å². The SMILES string of the molecule is CC12CC3c4ccccc4C1C(Oc1c2c(=O)oc2ccccc12)N3CC(=O)c1ccccc1. The van der Waals surface area contributed by atoms with Gasteiger partial charge in [-0.1, -0.05) is 73.7 Å². The lowest BCUT2D eigenvalue weighted by molar-refractivity contribution is -0.108. The second-order valence-electron chi connectivity index (χ2n) is 9.80. The normalized spacial score (nSPS) is 26.6. The number of para-hydroxylation sites is 1. The highest BCUT2D eigenvalue weighted by atomic mass is 16.5. The van der Waals surface area contributed by atoms with E-state index >= 15 is 0 Å². The van der Waals surface area contributed by atoms with Crippen LogP contribution in [0.15, 0.2) is 88.1 Å². The fourth-order valence-electron chi connectivity index (χ4n) is 6.54. The molecule has 4 unspecified atom stereocenters. The first-order valence-electron chi connectivity index (χ1n) is 11.7. The summed E-state index contributed by atoms with van der Waals surface area (Å²) in [5.41, 5.74) is 3.49. The lowest BCUT2D eigenvalue weighted by Gasteiger charge is -2.61. The molecule has 4 bridgehead atoms. The Balaban J connectivity index is 1.43. The van der Waals surface area contributed by atoms with Crippen molar-refractivity contribution in [3.05, 3.63) is 112 Å². The van der Waals surface area contributed by atoms with E-state index in [0.717, 1.165) is 11.8 Å². The summed E-state index contributed by atoms with van der Waals surface area (Å²) in [7, 11) is 0. The van der Waals surface area contributed by atoms with E-state index in [2.05, 4.69) is 24.0 Å². The van der Waals surface area contributed by atoms with Gasteiger partial charge in [0, 0.05) is 22.9 Å². The monoisotopic (exact) mass is 449 g/mol. The smallest absolute Gasteiger partial charge is 0.343 e. The number of rotatable bonds is 3. The van der Waals surface area contributed by atoms with Crippen LogP contribution in [0.5, 0.6) is 5.75 Å². The Kier molecular flexibility index (Phi) is 4.01. The van der Waals surface area contributed by atoms with Crippen LogP contribution in [0.4, 0.5) is 0 Å². The number of Topliss-reactive ketones (excluding diaryl/α,β-unsaturated/α-hetero) is 1. The van der Waals surface area contributed by atoms with Gasteiger partial charge in [0.05, 0.1) is 17.5 Å². The van der Waals surface area contributed by atoms with Crippen LogP contribution >= 0.6 is 0 Å². The Bertz CT molecular complexity index is 1520. The van der Waals surface area contributed by atoms with Crippen molar-refractivity contribution in [1.82, 2.24) is 4.90 Å². The number of fused-ring (bicyclic) bond motifs is 3. The summed E-state index contributed by atoms with van der Waals surface area (Å²) in [6, 6.07) is 25.3. The molecule has 1 saturated heterocycles. The number of piperidine rings is 1. The minimum Gasteiger partial charge on any atom is -0.473 e. The number of ketones is 1. The van der Waals surface area contributed by atoms with E-state index in [9.17, 15) is 9.59 Å². The number of benzene rings is 3. The first-order chi connectivity index (χ1) is 16.6. The van der Waals surface area contributed by atoms with E-state index in [-0.39, 0.29) is 36.1 Å². The third-order valence-electron chi connectivity index (χ3n) is 8.00. The number of ether oxygens (including phenoxy) is 1. The summed E-state index contributed by atoms with van der Waals surface area (Å²) in [6.07, 6.45) is 0.385. The maximum absolute atomic E-state index is 13.3. The molecule has 3 aromatic carbocycles. The molecule has 4 aliphatic rings. The number of hydrogen-bond acceptors (Lipinski definition) is 5. The van der Waals surface area contributed by atoms with Gasteiger partial charge in [-0.15, -0.1) is 0 Å². The molecule has 4 aromatic rings. The van der Waals surface area contributed by atoms with Crippen molar-refractivity contribution in [3.8, 4) is 5.75 Å². The highest BCUT2D eigenvalue weighted by Gasteiger charge is 2.62. The summed E-state index contributed by atoms with van der Waals surface area (Å²) in [5.74, 6) is 0.596. The van der Waals surface area contributed by atoms with Crippen LogP contribution in [0.1, 0.15) is 52.4 Å². The van der Waals surface area contributed by atoms with Gasteiger partial charge in [-0.2, -0.15) is 0 Å². The Morgan fingerprint density at radius 2 is 1.68 bits per heavy atom. The van der Waals surface area contributed by atoms with Crippen molar-refractivity contribution in [1.29, 1.82) is 0 Å². The van der Waals surface area contributed by atoms with Gasteiger partial charge in [0.2, 0.25) is 0 Å². The van der Waals surface area contributed by atoms with Crippen LogP contribution in [0.3, 0.4) is 0 Å². The molecule has 168 valence electrons. The number of hydrogen-bond donors (Lipinski definition) is 0. The molecular weight excluding hydrogens is 426 g/mol. The van der Waals surface area contributed by atoms with Gasteiger partial charge in [0.1, 0.15) is 11.3 Å². The fraction of sp³-hybridized carbons (Fsp3) is 0.241. The molecule has 5 heteroatoms. The van der Waals surface area contributed by atoms with Gasteiger partial charge in [-0.3, -0.25) is 9.69 Å². The van der Waals surface area contributed by atoms with Gasteiger partial charge < -0.3 is 9.15 Å². The number of carbonyl (C=O) groups is 1. The molecule has 34 heavy (non-hydrogen) atoms. The molecule has 1 aromatic heterocycles. The first kappa shape index (κ1) is 19.7. The maximum atomic E-state index is 13.3. The summed E-state index contributed by atoms with van der Waals surface area (Å²) in [4.78, 5) is 28.8. The second kappa shape index (κ2) is 6.90. The van der Waals surface area contributed by atoms with Crippen LogP contribution in [-0.4, -0.2) is 23.5 Å². The summed E-state index contributed by atoms with van der Waals surface area (Å²) in [6.45, 7) is 2.42. The zero-order valence-electron chi connectivity index (χ0n) is 18.7. The van der Waals surface area contributed by atoms with Crippen molar-refractivity contribution in [2.24, 2.45) is 0 Å². The minimum atomic E-state index is -0.450. The van der Waals surface area contributed by atoms with E-state index in [4.69, 9.17) is 9.15 Å². The summed E-state index contributed by atoms with van der Waals surface area (Å²) in [5, 5.41) is 0.799. The highest BCUT2D eigenvalue weighted by molar-refractivity contribution is 5.97. The van der Waals surface area contributed by atoms with E-state index in [1.807, 2.05) is 60.7 Å². The molecular formula is C29H23NO4. The molecule has 4 heterocycles. The fourth-order valence-corrected chi connectivity index (χ4v) is 6.54.